The molecule has 1 atom stereocenters. The molecule has 0 radical (unpaired) electrons. The number of rotatable bonds is 4. The average Bonchev–Trinajstić information content (AvgIpc) is 2.91. The van der Waals surface area contributed by atoms with Crippen molar-refractivity contribution in [2.24, 2.45) is 5.92 Å². The number of benzene rings is 1. The van der Waals surface area contributed by atoms with Crippen molar-refractivity contribution >= 4 is 37.1 Å². The Morgan fingerprint density at radius 1 is 1.45 bits per heavy atom. The SMILES string of the molecule is O=[N+]([O-])c1ccc2sc(S(=O)(=O)CC3CCCNC3)nc2c1. The molecule has 1 fully saturated rings. The molecular formula is C13H15N3O4S2. The summed E-state index contributed by atoms with van der Waals surface area (Å²) in [5.41, 5.74) is 0.276. The highest BCUT2D eigenvalue weighted by molar-refractivity contribution is 7.93. The molecule has 1 saturated heterocycles. The fraction of sp³-hybridized carbons (Fsp3) is 0.462. The third-order valence-corrected chi connectivity index (χ3v) is 7.06. The maximum absolute atomic E-state index is 12.5. The van der Waals surface area contributed by atoms with Crippen molar-refractivity contribution in [1.82, 2.24) is 10.3 Å². The van der Waals surface area contributed by atoms with Gasteiger partial charge in [-0.05, 0) is 37.9 Å². The minimum Gasteiger partial charge on any atom is -0.316 e. The van der Waals surface area contributed by atoms with Crippen molar-refractivity contribution in [3.05, 3.63) is 28.3 Å². The minimum atomic E-state index is -3.46. The molecule has 22 heavy (non-hydrogen) atoms. The first-order valence-electron chi connectivity index (χ1n) is 6.94. The van der Waals surface area contributed by atoms with E-state index >= 15 is 0 Å². The van der Waals surface area contributed by atoms with Gasteiger partial charge in [0.2, 0.25) is 14.2 Å². The lowest BCUT2D eigenvalue weighted by Gasteiger charge is -2.21. The molecule has 1 unspecified atom stereocenters. The molecule has 0 bridgehead atoms. The maximum atomic E-state index is 12.5. The first kappa shape index (κ1) is 15.3. The molecule has 3 rings (SSSR count). The Balaban J connectivity index is 1.89. The highest BCUT2D eigenvalue weighted by Crippen LogP contribution is 2.30. The molecule has 0 amide bonds. The standard InChI is InChI=1S/C13H15N3O4S2/c17-16(18)10-3-4-12-11(6-10)15-13(21-12)22(19,20)8-9-2-1-5-14-7-9/h3-4,6,9,14H,1-2,5,7-8H2. The molecule has 0 spiro atoms. The predicted octanol–water partition coefficient (Wildman–Crippen LogP) is 1.98. The van der Waals surface area contributed by atoms with Gasteiger partial charge in [-0.2, -0.15) is 0 Å². The first-order chi connectivity index (χ1) is 10.5. The Morgan fingerprint density at radius 2 is 2.27 bits per heavy atom. The maximum Gasteiger partial charge on any atom is 0.271 e. The number of hydrogen-bond donors (Lipinski definition) is 1. The van der Waals surface area contributed by atoms with E-state index in [1.165, 1.54) is 12.1 Å². The molecule has 0 aliphatic carbocycles. The van der Waals surface area contributed by atoms with Gasteiger partial charge in [-0.15, -0.1) is 11.3 Å². The summed E-state index contributed by atoms with van der Waals surface area (Å²) >= 11 is 1.07. The molecule has 2 aromatic rings. The summed E-state index contributed by atoms with van der Waals surface area (Å²) in [6.07, 6.45) is 1.87. The number of fused-ring (bicyclic) bond motifs is 1. The highest BCUT2D eigenvalue weighted by Gasteiger charge is 2.26. The number of aromatic nitrogens is 1. The molecule has 7 nitrogen and oxygen atoms in total. The zero-order valence-corrected chi connectivity index (χ0v) is 13.3. The molecular weight excluding hydrogens is 326 g/mol. The molecule has 1 aromatic carbocycles. The number of nitrogens with one attached hydrogen (secondary N) is 1. The first-order valence-corrected chi connectivity index (χ1v) is 9.41. The Kier molecular flexibility index (Phi) is 4.11. The second kappa shape index (κ2) is 5.90. The second-order valence-electron chi connectivity index (χ2n) is 5.38. The third-order valence-electron chi connectivity index (χ3n) is 3.68. The number of thiazole rings is 1. The van der Waals surface area contributed by atoms with Crippen molar-refractivity contribution < 1.29 is 13.3 Å². The topological polar surface area (TPSA) is 102 Å². The van der Waals surface area contributed by atoms with E-state index in [0.717, 1.165) is 30.7 Å². The zero-order valence-electron chi connectivity index (χ0n) is 11.7. The van der Waals surface area contributed by atoms with E-state index < -0.39 is 14.8 Å². The average molecular weight is 341 g/mol. The number of nitro groups is 1. The fourth-order valence-electron chi connectivity index (χ4n) is 2.59. The lowest BCUT2D eigenvalue weighted by Crippen LogP contribution is -2.33. The van der Waals surface area contributed by atoms with Crippen molar-refractivity contribution in [2.75, 3.05) is 18.8 Å². The smallest absolute Gasteiger partial charge is 0.271 e. The molecule has 1 aliphatic rings. The lowest BCUT2D eigenvalue weighted by atomic mass is 10.0. The fourth-order valence-corrected chi connectivity index (χ4v) is 5.53. The lowest BCUT2D eigenvalue weighted by molar-refractivity contribution is -0.384. The van der Waals surface area contributed by atoms with Crippen LogP contribution < -0.4 is 5.32 Å². The summed E-state index contributed by atoms with van der Waals surface area (Å²) < 4.78 is 25.6. The molecule has 9 heteroatoms. The van der Waals surface area contributed by atoms with Gasteiger partial charge in [0, 0.05) is 12.1 Å². The van der Waals surface area contributed by atoms with E-state index in [1.54, 1.807) is 6.07 Å². The van der Waals surface area contributed by atoms with Gasteiger partial charge < -0.3 is 5.32 Å². The Hall–Kier alpha value is -1.58. The van der Waals surface area contributed by atoms with Crippen LogP contribution >= 0.6 is 11.3 Å². The number of hydrogen-bond acceptors (Lipinski definition) is 7. The summed E-state index contributed by atoms with van der Waals surface area (Å²) in [5, 5.41) is 14.0. The number of nitro benzene ring substituents is 1. The summed E-state index contributed by atoms with van der Waals surface area (Å²) in [6.45, 7) is 1.64. The van der Waals surface area contributed by atoms with Gasteiger partial charge >= 0.3 is 0 Å². The summed E-state index contributed by atoms with van der Waals surface area (Å²) in [5.74, 6) is 0.169. The van der Waals surface area contributed by atoms with E-state index in [4.69, 9.17) is 0 Å². The van der Waals surface area contributed by atoms with E-state index in [1.807, 2.05) is 0 Å². The molecule has 118 valence electrons. The monoisotopic (exact) mass is 341 g/mol. The molecule has 1 N–H and O–H groups in total. The van der Waals surface area contributed by atoms with Crippen LogP contribution in [-0.4, -0.2) is 37.2 Å². The molecule has 1 aromatic heterocycles. The minimum absolute atomic E-state index is 0.0496. The van der Waals surface area contributed by atoms with Crippen molar-refractivity contribution in [3.63, 3.8) is 0 Å². The van der Waals surface area contributed by atoms with Gasteiger partial charge in [0.05, 0.1) is 20.9 Å². The highest BCUT2D eigenvalue weighted by atomic mass is 32.2. The van der Waals surface area contributed by atoms with Gasteiger partial charge in [0.1, 0.15) is 0 Å². The van der Waals surface area contributed by atoms with Crippen molar-refractivity contribution in [3.8, 4) is 0 Å². The van der Waals surface area contributed by atoms with Gasteiger partial charge in [-0.1, -0.05) is 0 Å². The molecule has 1 aliphatic heterocycles. The van der Waals surface area contributed by atoms with Crippen LogP contribution in [0.2, 0.25) is 0 Å². The van der Waals surface area contributed by atoms with Crippen molar-refractivity contribution in [2.45, 2.75) is 17.2 Å². The summed E-state index contributed by atoms with van der Waals surface area (Å²) in [4.78, 5) is 14.4. The summed E-state index contributed by atoms with van der Waals surface area (Å²) in [7, 11) is -3.46. The van der Waals surface area contributed by atoms with E-state index in [2.05, 4.69) is 10.3 Å². The van der Waals surface area contributed by atoms with Gasteiger partial charge in [0.25, 0.3) is 5.69 Å². The number of non-ortho nitro benzene ring substituents is 1. The van der Waals surface area contributed by atoms with E-state index in [-0.39, 0.29) is 21.7 Å². The number of sulfone groups is 1. The zero-order chi connectivity index (χ0) is 15.7. The molecule has 2 heterocycles. The van der Waals surface area contributed by atoms with Crippen LogP contribution in [-0.2, 0) is 9.84 Å². The van der Waals surface area contributed by atoms with Crippen LogP contribution in [0.5, 0.6) is 0 Å². The van der Waals surface area contributed by atoms with Crippen LogP contribution in [0.4, 0.5) is 5.69 Å². The molecule has 0 saturated carbocycles. The second-order valence-corrected chi connectivity index (χ2v) is 8.62. The number of piperidine rings is 1. The van der Waals surface area contributed by atoms with E-state index in [0.29, 0.717) is 16.8 Å². The van der Waals surface area contributed by atoms with Gasteiger partial charge in [0.15, 0.2) is 0 Å². The third kappa shape index (κ3) is 3.11. The quantitative estimate of drug-likeness (QED) is 0.674. The van der Waals surface area contributed by atoms with E-state index in [9.17, 15) is 18.5 Å². The van der Waals surface area contributed by atoms with Crippen LogP contribution in [0.15, 0.2) is 22.5 Å². The van der Waals surface area contributed by atoms with Gasteiger partial charge in [-0.3, -0.25) is 10.1 Å². The Bertz CT molecular complexity index is 810. The largest absolute Gasteiger partial charge is 0.316 e. The van der Waals surface area contributed by atoms with Crippen LogP contribution in [0.1, 0.15) is 12.8 Å². The van der Waals surface area contributed by atoms with Crippen LogP contribution in [0, 0.1) is 16.0 Å². The van der Waals surface area contributed by atoms with Crippen LogP contribution in [0.3, 0.4) is 0 Å². The predicted molar refractivity (Wildman–Crippen MR) is 83.9 cm³/mol. The Morgan fingerprint density at radius 3 is 2.95 bits per heavy atom. The Labute approximate surface area is 131 Å². The normalized spacial score (nSPS) is 19.4. The van der Waals surface area contributed by atoms with Crippen LogP contribution in [0.25, 0.3) is 10.2 Å². The van der Waals surface area contributed by atoms with Gasteiger partial charge in [-0.25, -0.2) is 13.4 Å². The summed E-state index contributed by atoms with van der Waals surface area (Å²) in [6, 6.07) is 4.22. The number of nitrogens with zero attached hydrogens (tertiary/aromatic N) is 2. The van der Waals surface area contributed by atoms with Crippen molar-refractivity contribution in [1.29, 1.82) is 0 Å².